The second kappa shape index (κ2) is 3.85. The average Bonchev–Trinajstić information content (AvgIpc) is 2.65. The van der Waals surface area contributed by atoms with E-state index < -0.39 is 0 Å². The van der Waals surface area contributed by atoms with Gasteiger partial charge in [-0.2, -0.15) is 0 Å². The summed E-state index contributed by atoms with van der Waals surface area (Å²) in [6, 6.07) is 11.7. The van der Waals surface area contributed by atoms with Gasteiger partial charge in [0, 0.05) is 21.2 Å². The SMILES string of the molecule is C[B]c1cccc2c1-c1c(Br)cccc1C2=O. The molecule has 1 aliphatic rings. The zero-order chi connectivity index (χ0) is 12.0. The van der Waals surface area contributed by atoms with E-state index in [4.69, 9.17) is 0 Å². The zero-order valence-electron chi connectivity index (χ0n) is 9.33. The van der Waals surface area contributed by atoms with E-state index in [0.29, 0.717) is 0 Å². The van der Waals surface area contributed by atoms with Gasteiger partial charge in [0.15, 0.2) is 5.78 Å². The fraction of sp³-hybridized carbons (Fsp3) is 0.0714. The van der Waals surface area contributed by atoms with Crippen molar-refractivity contribution in [3.63, 3.8) is 0 Å². The lowest BCUT2D eigenvalue weighted by molar-refractivity contribution is 0.104. The van der Waals surface area contributed by atoms with Gasteiger partial charge in [-0.1, -0.05) is 58.5 Å². The van der Waals surface area contributed by atoms with Gasteiger partial charge >= 0.3 is 0 Å². The van der Waals surface area contributed by atoms with E-state index in [1.807, 2.05) is 50.5 Å². The molecular weight excluding hydrogens is 275 g/mol. The van der Waals surface area contributed by atoms with Gasteiger partial charge in [0.25, 0.3) is 0 Å². The number of carbonyl (C=O) groups excluding carboxylic acids is 1. The van der Waals surface area contributed by atoms with Crippen LogP contribution in [-0.4, -0.2) is 13.1 Å². The van der Waals surface area contributed by atoms with Crippen LogP contribution in [0, 0.1) is 0 Å². The summed E-state index contributed by atoms with van der Waals surface area (Å²) in [5, 5.41) is 0. The van der Waals surface area contributed by atoms with Gasteiger partial charge in [-0.05, 0) is 11.6 Å². The molecular formula is C14H9BBrO. The number of rotatable bonds is 1. The van der Waals surface area contributed by atoms with Crippen molar-refractivity contribution in [2.24, 2.45) is 0 Å². The van der Waals surface area contributed by atoms with Crippen LogP contribution in [0.15, 0.2) is 40.9 Å². The largest absolute Gasteiger partial charge is 0.289 e. The smallest absolute Gasteiger partial charge is 0.194 e. The molecule has 0 amide bonds. The Hall–Kier alpha value is -1.35. The number of ketones is 1. The predicted octanol–water partition coefficient (Wildman–Crippen LogP) is 3.04. The number of fused-ring (bicyclic) bond motifs is 3. The van der Waals surface area contributed by atoms with Crippen molar-refractivity contribution in [3.8, 4) is 11.1 Å². The third-order valence-corrected chi connectivity index (χ3v) is 3.82. The van der Waals surface area contributed by atoms with Crippen LogP contribution < -0.4 is 5.46 Å². The maximum absolute atomic E-state index is 12.3. The molecule has 0 heterocycles. The highest BCUT2D eigenvalue weighted by Gasteiger charge is 2.29. The molecule has 1 aliphatic carbocycles. The molecule has 2 aromatic carbocycles. The highest BCUT2D eigenvalue weighted by molar-refractivity contribution is 9.10. The van der Waals surface area contributed by atoms with E-state index in [9.17, 15) is 4.79 Å². The summed E-state index contributed by atoms with van der Waals surface area (Å²) >= 11 is 3.54. The number of halogens is 1. The molecule has 81 valence electrons. The Bertz CT molecular complexity index is 634. The number of hydrogen-bond donors (Lipinski definition) is 0. The molecule has 0 aromatic heterocycles. The van der Waals surface area contributed by atoms with Crippen LogP contribution >= 0.6 is 15.9 Å². The van der Waals surface area contributed by atoms with Crippen LogP contribution in [0.1, 0.15) is 15.9 Å². The highest BCUT2D eigenvalue weighted by Crippen LogP contribution is 2.39. The summed E-state index contributed by atoms with van der Waals surface area (Å²) in [5.74, 6) is 0.125. The Labute approximate surface area is 109 Å². The number of benzene rings is 2. The first-order valence-electron chi connectivity index (χ1n) is 5.50. The summed E-state index contributed by atoms with van der Waals surface area (Å²) in [6.07, 6.45) is 0. The minimum atomic E-state index is 0.125. The van der Waals surface area contributed by atoms with Gasteiger partial charge in [-0.15, -0.1) is 0 Å². The van der Waals surface area contributed by atoms with E-state index >= 15 is 0 Å². The topological polar surface area (TPSA) is 17.1 Å². The van der Waals surface area contributed by atoms with Crippen molar-refractivity contribution < 1.29 is 4.79 Å². The van der Waals surface area contributed by atoms with Gasteiger partial charge in [0.2, 0.25) is 0 Å². The normalized spacial score (nSPS) is 12.2. The molecule has 3 rings (SSSR count). The van der Waals surface area contributed by atoms with Crippen LogP contribution in [0.3, 0.4) is 0 Å². The summed E-state index contributed by atoms with van der Waals surface area (Å²) in [4.78, 5) is 12.3. The lowest BCUT2D eigenvalue weighted by Gasteiger charge is -2.07. The van der Waals surface area contributed by atoms with Crippen LogP contribution in [0.4, 0.5) is 0 Å². The average molecular weight is 284 g/mol. The molecule has 0 N–H and O–H groups in total. The first-order valence-corrected chi connectivity index (χ1v) is 6.29. The summed E-state index contributed by atoms with van der Waals surface area (Å²) in [5.41, 5.74) is 4.80. The predicted molar refractivity (Wildman–Crippen MR) is 74.3 cm³/mol. The Morgan fingerprint density at radius 2 is 1.65 bits per heavy atom. The monoisotopic (exact) mass is 283 g/mol. The minimum Gasteiger partial charge on any atom is -0.289 e. The van der Waals surface area contributed by atoms with E-state index in [1.165, 1.54) is 0 Å². The van der Waals surface area contributed by atoms with E-state index in [1.54, 1.807) is 0 Å². The first kappa shape index (κ1) is 10.8. The van der Waals surface area contributed by atoms with Crippen LogP contribution in [0.2, 0.25) is 6.82 Å². The Morgan fingerprint density at radius 3 is 2.35 bits per heavy atom. The van der Waals surface area contributed by atoms with Gasteiger partial charge in [-0.25, -0.2) is 0 Å². The maximum Gasteiger partial charge on any atom is 0.194 e. The summed E-state index contributed by atoms with van der Waals surface area (Å²) < 4.78 is 0.983. The first-order chi connectivity index (χ1) is 8.24. The summed E-state index contributed by atoms with van der Waals surface area (Å²) in [6.45, 7) is 1.99. The molecule has 1 radical (unpaired) electrons. The van der Waals surface area contributed by atoms with Crippen LogP contribution in [0.5, 0.6) is 0 Å². The molecule has 0 saturated carbocycles. The zero-order valence-corrected chi connectivity index (χ0v) is 10.9. The number of carbonyl (C=O) groups is 1. The number of hydrogen-bond acceptors (Lipinski definition) is 1. The van der Waals surface area contributed by atoms with Crippen molar-refractivity contribution in [3.05, 3.63) is 52.0 Å². The van der Waals surface area contributed by atoms with Crippen molar-refractivity contribution in [2.75, 3.05) is 0 Å². The lowest BCUT2D eigenvalue weighted by atomic mass is 9.69. The molecule has 1 nitrogen and oxygen atoms in total. The molecule has 0 unspecified atom stereocenters. The lowest BCUT2D eigenvalue weighted by Crippen LogP contribution is -2.14. The van der Waals surface area contributed by atoms with Crippen molar-refractivity contribution >= 4 is 34.5 Å². The fourth-order valence-corrected chi connectivity index (χ4v) is 2.96. The van der Waals surface area contributed by atoms with E-state index in [2.05, 4.69) is 15.9 Å². The maximum atomic E-state index is 12.3. The molecule has 0 fully saturated rings. The molecule has 0 saturated heterocycles. The molecule has 3 heteroatoms. The quantitative estimate of drug-likeness (QED) is 0.628. The van der Waals surface area contributed by atoms with Crippen LogP contribution in [0.25, 0.3) is 11.1 Å². The second-order valence-corrected chi connectivity index (χ2v) is 4.90. The molecule has 2 aromatic rings. The van der Waals surface area contributed by atoms with Gasteiger partial charge in [0.1, 0.15) is 7.28 Å². The van der Waals surface area contributed by atoms with E-state index in [-0.39, 0.29) is 5.78 Å². The molecule has 17 heavy (non-hydrogen) atoms. The van der Waals surface area contributed by atoms with Gasteiger partial charge < -0.3 is 0 Å². The Kier molecular flexibility index (Phi) is 2.44. The third kappa shape index (κ3) is 1.42. The van der Waals surface area contributed by atoms with Crippen molar-refractivity contribution in [1.29, 1.82) is 0 Å². The van der Waals surface area contributed by atoms with Gasteiger partial charge in [0.05, 0.1) is 0 Å². The third-order valence-electron chi connectivity index (χ3n) is 3.16. The molecule has 0 aliphatic heterocycles. The minimum absolute atomic E-state index is 0.125. The standard InChI is InChI=1S/C14H9BBrO/c1-15-10-6-2-4-8-12(10)13-9(14(8)17)5-3-7-11(13)16/h2-7H,1H3. The molecule has 0 spiro atoms. The van der Waals surface area contributed by atoms with Gasteiger partial charge in [-0.3, -0.25) is 4.79 Å². The van der Waals surface area contributed by atoms with Crippen molar-refractivity contribution in [2.45, 2.75) is 6.82 Å². The van der Waals surface area contributed by atoms with Crippen LogP contribution in [-0.2, 0) is 0 Å². The molecule has 0 bridgehead atoms. The molecule has 0 atom stereocenters. The Balaban J connectivity index is 2.43. The fourth-order valence-electron chi connectivity index (χ4n) is 2.39. The second-order valence-electron chi connectivity index (χ2n) is 4.05. The Morgan fingerprint density at radius 1 is 1.00 bits per heavy atom. The van der Waals surface area contributed by atoms with E-state index in [0.717, 1.165) is 32.2 Å². The highest BCUT2D eigenvalue weighted by atomic mass is 79.9. The summed E-state index contributed by atoms with van der Waals surface area (Å²) in [7, 11) is 2.04. The van der Waals surface area contributed by atoms with Crippen molar-refractivity contribution in [1.82, 2.24) is 0 Å².